The van der Waals surface area contributed by atoms with E-state index in [4.69, 9.17) is 0 Å². The summed E-state index contributed by atoms with van der Waals surface area (Å²) in [5.74, 6) is 1.50. The zero-order chi connectivity index (χ0) is 15.7. The second kappa shape index (κ2) is 5.58. The Balaban J connectivity index is 1.63. The summed E-state index contributed by atoms with van der Waals surface area (Å²) in [5, 5.41) is 3.22. The zero-order valence-electron chi connectivity index (χ0n) is 12.1. The number of imidazole rings is 1. The van der Waals surface area contributed by atoms with Crippen LogP contribution in [0, 0.1) is 12.8 Å². The fraction of sp³-hybridized carbons (Fsp3) is 0.500. The molecule has 0 unspecified atom stereocenters. The van der Waals surface area contributed by atoms with E-state index in [0.717, 1.165) is 24.1 Å². The molecule has 118 valence electrons. The third-order valence-corrected chi connectivity index (χ3v) is 3.76. The van der Waals surface area contributed by atoms with E-state index in [1.807, 2.05) is 13.0 Å². The molecule has 0 aliphatic carbocycles. The van der Waals surface area contributed by atoms with E-state index in [2.05, 4.69) is 20.3 Å². The molecule has 1 atom stereocenters. The average Bonchev–Trinajstić information content (AvgIpc) is 2.88. The predicted molar refractivity (Wildman–Crippen MR) is 74.3 cm³/mol. The van der Waals surface area contributed by atoms with Crippen LogP contribution in [0.2, 0.25) is 0 Å². The van der Waals surface area contributed by atoms with Crippen molar-refractivity contribution in [3.63, 3.8) is 0 Å². The second-order valence-corrected chi connectivity index (χ2v) is 5.52. The van der Waals surface area contributed by atoms with E-state index in [-0.39, 0.29) is 5.92 Å². The number of nitrogens with one attached hydrogen (secondary N) is 1. The van der Waals surface area contributed by atoms with Crippen LogP contribution in [0.3, 0.4) is 0 Å². The van der Waals surface area contributed by atoms with Crippen molar-refractivity contribution in [2.45, 2.75) is 32.5 Å². The Morgan fingerprint density at radius 3 is 2.91 bits per heavy atom. The van der Waals surface area contributed by atoms with Gasteiger partial charge < -0.3 is 9.88 Å². The smallest absolute Gasteiger partial charge is 0.370 e. The molecule has 8 heteroatoms. The lowest BCUT2D eigenvalue weighted by atomic mass is 9.99. The van der Waals surface area contributed by atoms with E-state index in [1.54, 1.807) is 4.57 Å². The van der Waals surface area contributed by atoms with Crippen LogP contribution in [0.25, 0.3) is 0 Å². The summed E-state index contributed by atoms with van der Waals surface area (Å²) in [6.07, 6.45) is -0.411. The summed E-state index contributed by atoms with van der Waals surface area (Å²) in [6.45, 7) is 3.08. The van der Waals surface area contributed by atoms with Crippen molar-refractivity contribution in [1.82, 2.24) is 19.5 Å². The summed E-state index contributed by atoms with van der Waals surface area (Å²) < 4.78 is 39.6. The van der Waals surface area contributed by atoms with Crippen molar-refractivity contribution < 1.29 is 13.2 Å². The molecule has 0 fully saturated rings. The molecule has 3 rings (SSSR count). The predicted octanol–water partition coefficient (Wildman–Crippen LogP) is 2.67. The largest absolute Gasteiger partial charge is 0.434 e. The molecule has 5 nitrogen and oxygen atoms in total. The molecule has 2 aromatic rings. The number of rotatable bonds is 3. The SMILES string of the molecule is Cc1cc(NC[C@@H]2CCc3nc(C(F)(F)F)cn3C2)ncn1. The Morgan fingerprint density at radius 2 is 2.18 bits per heavy atom. The quantitative estimate of drug-likeness (QED) is 0.947. The molecule has 1 N–H and O–H groups in total. The topological polar surface area (TPSA) is 55.6 Å². The van der Waals surface area contributed by atoms with Crippen LogP contribution in [0.15, 0.2) is 18.6 Å². The maximum absolute atomic E-state index is 12.7. The lowest BCUT2D eigenvalue weighted by Gasteiger charge is -2.24. The number of hydrogen-bond donors (Lipinski definition) is 1. The Bertz CT molecular complexity index is 665. The van der Waals surface area contributed by atoms with Gasteiger partial charge in [-0.1, -0.05) is 0 Å². The molecule has 22 heavy (non-hydrogen) atoms. The van der Waals surface area contributed by atoms with Gasteiger partial charge in [0.2, 0.25) is 0 Å². The molecule has 1 aliphatic rings. The number of halogens is 3. The highest BCUT2D eigenvalue weighted by atomic mass is 19.4. The van der Waals surface area contributed by atoms with Crippen LogP contribution in [-0.4, -0.2) is 26.1 Å². The Hall–Kier alpha value is -2.12. The summed E-state index contributed by atoms with van der Waals surface area (Å²) >= 11 is 0. The van der Waals surface area contributed by atoms with Gasteiger partial charge >= 0.3 is 6.18 Å². The number of aryl methyl sites for hydroxylation is 2. The fourth-order valence-electron chi connectivity index (χ4n) is 2.62. The molecule has 0 radical (unpaired) electrons. The van der Waals surface area contributed by atoms with Crippen LogP contribution < -0.4 is 5.32 Å². The van der Waals surface area contributed by atoms with Crippen LogP contribution in [0.5, 0.6) is 0 Å². The molecule has 0 saturated carbocycles. The van der Waals surface area contributed by atoms with Gasteiger partial charge in [0.05, 0.1) is 0 Å². The fourth-order valence-corrected chi connectivity index (χ4v) is 2.62. The summed E-state index contributed by atoms with van der Waals surface area (Å²) in [5.41, 5.74) is 0.0652. The van der Waals surface area contributed by atoms with Crippen molar-refractivity contribution in [2.75, 3.05) is 11.9 Å². The first-order valence-electron chi connectivity index (χ1n) is 7.07. The number of nitrogens with zero attached hydrogens (tertiary/aromatic N) is 4. The molecule has 1 aliphatic heterocycles. The van der Waals surface area contributed by atoms with Gasteiger partial charge in [-0.2, -0.15) is 13.2 Å². The van der Waals surface area contributed by atoms with Crippen LogP contribution in [-0.2, 0) is 19.1 Å². The molecule has 0 spiro atoms. The highest BCUT2D eigenvalue weighted by Gasteiger charge is 2.35. The van der Waals surface area contributed by atoms with Crippen molar-refractivity contribution in [2.24, 2.45) is 5.92 Å². The molecule has 0 bridgehead atoms. The minimum atomic E-state index is -4.38. The second-order valence-electron chi connectivity index (χ2n) is 5.52. The normalized spacial score (nSPS) is 18.1. The lowest BCUT2D eigenvalue weighted by molar-refractivity contribution is -0.141. The average molecular weight is 311 g/mol. The Labute approximate surface area is 125 Å². The standard InChI is InChI=1S/C14H16F3N5/c1-9-4-12(20-8-19-9)18-5-10-2-3-13-21-11(14(15,16)17)7-22(13)6-10/h4,7-8,10H,2-3,5-6H2,1H3,(H,18,19,20)/t10-/m0/s1. The first-order valence-corrected chi connectivity index (χ1v) is 7.07. The zero-order valence-corrected chi connectivity index (χ0v) is 12.1. The van der Waals surface area contributed by atoms with Crippen molar-refractivity contribution in [1.29, 1.82) is 0 Å². The van der Waals surface area contributed by atoms with Gasteiger partial charge in [-0.3, -0.25) is 0 Å². The first kappa shape index (κ1) is 14.8. The van der Waals surface area contributed by atoms with Gasteiger partial charge in [-0.25, -0.2) is 15.0 Å². The number of aromatic nitrogens is 4. The molecular formula is C14H16F3N5. The third-order valence-electron chi connectivity index (χ3n) is 3.76. The minimum absolute atomic E-state index is 0.248. The Morgan fingerprint density at radius 1 is 1.36 bits per heavy atom. The first-order chi connectivity index (χ1) is 10.4. The van der Waals surface area contributed by atoms with Gasteiger partial charge in [-0.05, 0) is 19.3 Å². The van der Waals surface area contributed by atoms with Crippen LogP contribution in [0.4, 0.5) is 19.0 Å². The van der Waals surface area contributed by atoms with Crippen LogP contribution in [0.1, 0.15) is 23.6 Å². The highest BCUT2D eigenvalue weighted by molar-refractivity contribution is 5.34. The molecular weight excluding hydrogens is 295 g/mol. The van der Waals surface area contributed by atoms with E-state index >= 15 is 0 Å². The third kappa shape index (κ3) is 3.20. The summed E-state index contributed by atoms with van der Waals surface area (Å²) in [4.78, 5) is 11.8. The molecule has 3 heterocycles. The monoisotopic (exact) mass is 311 g/mol. The highest BCUT2D eigenvalue weighted by Crippen LogP contribution is 2.30. The molecule has 0 saturated heterocycles. The van der Waals surface area contributed by atoms with Gasteiger partial charge in [0.15, 0.2) is 5.69 Å². The van der Waals surface area contributed by atoms with Gasteiger partial charge in [-0.15, -0.1) is 0 Å². The molecule has 0 aromatic carbocycles. The lowest BCUT2D eigenvalue weighted by Crippen LogP contribution is -2.26. The number of hydrogen-bond acceptors (Lipinski definition) is 4. The number of anilines is 1. The molecule has 2 aromatic heterocycles. The van der Waals surface area contributed by atoms with E-state index in [9.17, 15) is 13.2 Å². The van der Waals surface area contributed by atoms with Crippen molar-refractivity contribution in [3.05, 3.63) is 35.8 Å². The van der Waals surface area contributed by atoms with Crippen molar-refractivity contribution >= 4 is 5.82 Å². The van der Waals surface area contributed by atoms with Gasteiger partial charge in [0.25, 0.3) is 0 Å². The number of fused-ring (bicyclic) bond motifs is 1. The van der Waals surface area contributed by atoms with Gasteiger partial charge in [0.1, 0.15) is 18.0 Å². The minimum Gasteiger partial charge on any atom is -0.370 e. The van der Waals surface area contributed by atoms with Crippen molar-refractivity contribution in [3.8, 4) is 0 Å². The maximum atomic E-state index is 12.7. The summed E-state index contributed by atoms with van der Waals surface area (Å²) in [7, 11) is 0. The van der Waals surface area contributed by atoms with E-state index in [0.29, 0.717) is 25.3 Å². The summed E-state index contributed by atoms with van der Waals surface area (Å²) in [6, 6.07) is 1.84. The maximum Gasteiger partial charge on any atom is 0.434 e. The Kier molecular flexibility index (Phi) is 3.76. The van der Waals surface area contributed by atoms with E-state index in [1.165, 1.54) is 6.33 Å². The van der Waals surface area contributed by atoms with E-state index < -0.39 is 11.9 Å². The van der Waals surface area contributed by atoms with Crippen LogP contribution >= 0.6 is 0 Å². The molecule has 0 amide bonds. The van der Waals surface area contributed by atoms with Gasteiger partial charge in [0, 0.05) is 37.5 Å². The number of alkyl halides is 3.